The largest absolute Gasteiger partial charge is 0.459 e. The smallest absolute Gasteiger partial charge is 0.289 e. The third kappa shape index (κ3) is 6.30. The lowest BCUT2D eigenvalue weighted by Gasteiger charge is -2.15. The van der Waals surface area contributed by atoms with Crippen molar-refractivity contribution >= 4 is 17.6 Å². The van der Waals surface area contributed by atoms with Crippen LogP contribution in [-0.2, 0) is 0 Å². The summed E-state index contributed by atoms with van der Waals surface area (Å²) in [5.41, 5.74) is 0.471. The van der Waals surface area contributed by atoms with Crippen LogP contribution in [-0.4, -0.2) is 41.4 Å². The minimum absolute atomic E-state index is 0.0315. The number of amides is 1. The molecule has 2 aromatic heterocycles. The number of pyridine rings is 1. The van der Waals surface area contributed by atoms with Crippen molar-refractivity contribution in [1.29, 1.82) is 5.26 Å². The van der Waals surface area contributed by atoms with Gasteiger partial charge in [0.1, 0.15) is 0 Å². The van der Waals surface area contributed by atoms with Crippen LogP contribution in [0.3, 0.4) is 0 Å². The molecule has 0 spiro atoms. The number of likely N-dealkylation sites (tertiary alicyclic amines) is 1. The van der Waals surface area contributed by atoms with Gasteiger partial charge in [-0.2, -0.15) is 9.65 Å². The van der Waals surface area contributed by atoms with Crippen molar-refractivity contribution in [2.45, 2.75) is 32.1 Å². The van der Waals surface area contributed by atoms with Crippen LogP contribution < -0.4 is 10.6 Å². The van der Waals surface area contributed by atoms with Gasteiger partial charge >= 0.3 is 0 Å². The molecule has 1 aliphatic rings. The molecule has 3 heterocycles. The Kier molecular flexibility index (Phi) is 7.78. The molecule has 0 radical (unpaired) electrons. The molecule has 1 amide bonds. The van der Waals surface area contributed by atoms with Crippen molar-refractivity contribution in [3.05, 3.63) is 48.4 Å². The second kappa shape index (κ2) is 11.0. The highest BCUT2D eigenvalue weighted by molar-refractivity contribution is 5.94. The summed E-state index contributed by atoms with van der Waals surface area (Å²) >= 11 is 0. The van der Waals surface area contributed by atoms with Gasteiger partial charge in [-0.05, 0) is 43.4 Å². The van der Waals surface area contributed by atoms with Gasteiger partial charge < -0.3 is 14.6 Å². The molecule has 158 valence electrons. The number of hydrogen-bond acceptors (Lipinski definition) is 5. The molecule has 1 aliphatic heterocycles. The average molecular weight is 412 g/mol. The number of carbonyl (C=O) groups is 1. The standard InChI is InChI=1S/C21H25FN6O2/c22-19-13-17(7-10-24-19)27-21(26-15-23)25-9-3-1-2-5-16-8-11-28(14-16)20(29)18-6-4-12-30-18/h4,6-7,10,12-13,16H,1-3,5,8-9,11,14H2,(H2,24,25,26,27). The van der Waals surface area contributed by atoms with E-state index in [0.717, 1.165) is 45.2 Å². The molecule has 1 fully saturated rings. The summed E-state index contributed by atoms with van der Waals surface area (Å²) in [5.74, 6) is 0.569. The van der Waals surface area contributed by atoms with Gasteiger partial charge in [0.15, 0.2) is 12.0 Å². The number of nitriles is 1. The first-order chi connectivity index (χ1) is 14.7. The predicted octanol–water partition coefficient (Wildman–Crippen LogP) is 3.37. The molecule has 9 heteroatoms. The minimum atomic E-state index is -0.604. The van der Waals surface area contributed by atoms with E-state index in [-0.39, 0.29) is 11.9 Å². The molecule has 1 unspecified atom stereocenters. The van der Waals surface area contributed by atoms with E-state index in [0.29, 0.717) is 23.9 Å². The van der Waals surface area contributed by atoms with Gasteiger partial charge in [-0.3, -0.25) is 15.1 Å². The van der Waals surface area contributed by atoms with Crippen LogP contribution in [0.15, 0.2) is 46.1 Å². The SMILES string of the molecule is N#CNC(=NCCCCCC1CCN(C(=O)c2ccco2)C1)Nc1ccnc(F)c1. The van der Waals surface area contributed by atoms with Gasteiger partial charge in [-0.15, -0.1) is 0 Å². The summed E-state index contributed by atoms with van der Waals surface area (Å²) < 4.78 is 18.4. The van der Waals surface area contributed by atoms with Crippen LogP contribution in [0, 0.1) is 23.3 Å². The third-order valence-electron chi connectivity index (χ3n) is 5.01. The number of anilines is 1. The molecule has 8 nitrogen and oxygen atoms in total. The second-order valence-electron chi connectivity index (χ2n) is 7.19. The van der Waals surface area contributed by atoms with E-state index in [2.05, 4.69) is 20.6 Å². The van der Waals surface area contributed by atoms with E-state index in [4.69, 9.17) is 9.68 Å². The van der Waals surface area contributed by atoms with E-state index in [1.807, 2.05) is 11.1 Å². The zero-order chi connectivity index (χ0) is 21.2. The highest BCUT2D eigenvalue weighted by Gasteiger charge is 2.27. The van der Waals surface area contributed by atoms with Crippen LogP contribution in [0.4, 0.5) is 10.1 Å². The molecule has 1 atom stereocenters. The molecular weight excluding hydrogens is 387 g/mol. The Bertz CT molecular complexity index is 893. The summed E-state index contributed by atoms with van der Waals surface area (Å²) in [7, 11) is 0. The zero-order valence-electron chi connectivity index (χ0n) is 16.7. The van der Waals surface area contributed by atoms with Crippen molar-refractivity contribution in [3.8, 4) is 6.19 Å². The predicted molar refractivity (Wildman–Crippen MR) is 110 cm³/mol. The van der Waals surface area contributed by atoms with Gasteiger partial charge in [0.25, 0.3) is 5.91 Å². The van der Waals surface area contributed by atoms with Crippen molar-refractivity contribution in [1.82, 2.24) is 15.2 Å². The number of aromatic nitrogens is 1. The summed E-state index contributed by atoms with van der Waals surface area (Å²) in [4.78, 5) is 22.0. The average Bonchev–Trinajstić information content (AvgIpc) is 3.42. The Morgan fingerprint density at radius 3 is 3.07 bits per heavy atom. The first kappa shape index (κ1) is 21.3. The van der Waals surface area contributed by atoms with Crippen molar-refractivity contribution < 1.29 is 13.6 Å². The van der Waals surface area contributed by atoms with Crippen LogP contribution >= 0.6 is 0 Å². The second-order valence-corrected chi connectivity index (χ2v) is 7.19. The summed E-state index contributed by atoms with van der Waals surface area (Å²) in [5, 5.41) is 14.2. The van der Waals surface area contributed by atoms with Crippen molar-refractivity contribution in [2.24, 2.45) is 10.9 Å². The number of nitrogens with zero attached hydrogens (tertiary/aromatic N) is 4. The van der Waals surface area contributed by atoms with Gasteiger partial charge in [-0.1, -0.05) is 12.8 Å². The molecule has 0 aromatic carbocycles. The molecule has 1 saturated heterocycles. The molecule has 2 N–H and O–H groups in total. The normalized spacial score (nSPS) is 16.3. The molecular formula is C21H25FN6O2. The van der Waals surface area contributed by atoms with Crippen LogP contribution in [0.1, 0.15) is 42.7 Å². The first-order valence-corrected chi connectivity index (χ1v) is 10.1. The van der Waals surface area contributed by atoms with E-state index >= 15 is 0 Å². The molecule has 0 saturated carbocycles. The van der Waals surface area contributed by atoms with E-state index in [1.54, 1.807) is 18.2 Å². The molecule has 3 rings (SSSR count). The number of furan rings is 1. The summed E-state index contributed by atoms with van der Waals surface area (Å²) in [6, 6.07) is 6.26. The number of nitrogens with one attached hydrogen (secondary N) is 2. The Morgan fingerprint density at radius 1 is 1.40 bits per heavy atom. The highest BCUT2D eigenvalue weighted by atomic mass is 19.1. The first-order valence-electron chi connectivity index (χ1n) is 10.1. The number of guanidine groups is 1. The lowest BCUT2D eigenvalue weighted by atomic mass is 10.0. The third-order valence-corrected chi connectivity index (χ3v) is 5.01. The Balaban J connectivity index is 1.34. The topological polar surface area (TPSA) is 107 Å². The Hall–Kier alpha value is -3.41. The number of carbonyl (C=O) groups excluding carboxylic acids is 1. The van der Waals surface area contributed by atoms with Gasteiger partial charge in [0.2, 0.25) is 11.9 Å². The van der Waals surface area contributed by atoms with Crippen molar-refractivity contribution in [3.63, 3.8) is 0 Å². The molecule has 30 heavy (non-hydrogen) atoms. The number of rotatable bonds is 8. The number of hydrogen-bond donors (Lipinski definition) is 2. The fourth-order valence-corrected chi connectivity index (χ4v) is 3.50. The number of halogens is 1. The maximum Gasteiger partial charge on any atom is 0.289 e. The van der Waals surface area contributed by atoms with Crippen LogP contribution in [0.25, 0.3) is 0 Å². The number of unbranched alkanes of at least 4 members (excludes halogenated alkanes) is 2. The van der Waals surface area contributed by atoms with Crippen LogP contribution in [0.5, 0.6) is 0 Å². The fourth-order valence-electron chi connectivity index (χ4n) is 3.50. The highest BCUT2D eigenvalue weighted by Crippen LogP contribution is 2.23. The quantitative estimate of drug-likeness (QED) is 0.172. The summed E-state index contributed by atoms with van der Waals surface area (Å²) in [6.45, 7) is 2.11. The monoisotopic (exact) mass is 412 g/mol. The van der Waals surface area contributed by atoms with E-state index in [1.165, 1.54) is 18.5 Å². The Morgan fingerprint density at radius 2 is 2.30 bits per heavy atom. The fraction of sp³-hybridized carbons (Fsp3) is 0.429. The Labute approximate surface area is 174 Å². The zero-order valence-corrected chi connectivity index (χ0v) is 16.7. The maximum absolute atomic E-state index is 13.2. The van der Waals surface area contributed by atoms with E-state index < -0.39 is 5.95 Å². The van der Waals surface area contributed by atoms with Gasteiger partial charge in [0.05, 0.1) is 6.26 Å². The van der Waals surface area contributed by atoms with Crippen molar-refractivity contribution in [2.75, 3.05) is 25.0 Å². The van der Waals surface area contributed by atoms with E-state index in [9.17, 15) is 9.18 Å². The van der Waals surface area contributed by atoms with Gasteiger partial charge in [0, 0.05) is 37.6 Å². The van der Waals surface area contributed by atoms with Crippen LogP contribution in [0.2, 0.25) is 0 Å². The lowest BCUT2D eigenvalue weighted by molar-refractivity contribution is 0.0755. The summed E-state index contributed by atoms with van der Waals surface area (Å²) in [6.07, 6.45) is 9.73. The number of aliphatic imine (C=N–C) groups is 1. The molecule has 0 aliphatic carbocycles. The van der Waals surface area contributed by atoms with Gasteiger partial charge in [-0.25, -0.2) is 4.98 Å². The molecule has 2 aromatic rings. The minimum Gasteiger partial charge on any atom is -0.459 e. The maximum atomic E-state index is 13.2. The lowest BCUT2D eigenvalue weighted by Crippen LogP contribution is -2.28. The molecule has 0 bridgehead atoms.